The third kappa shape index (κ3) is 5.44. The molecule has 3 aromatic rings. The van der Waals surface area contributed by atoms with Crippen LogP contribution >= 0.6 is 0 Å². The third-order valence-corrected chi connectivity index (χ3v) is 5.15. The fourth-order valence-electron chi connectivity index (χ4n) is 3.58. The SMILES string of the molecule is CN/C=C1/C=C(n2nc3c(N)cc(OCC(F)F)nc3c(-c3ccc(OC(F)F)cc3)c2=O)C=CC1=N. The molecule has 0 fully saturated rings. The lowest BCUT2D eigenvalue weighted by Crippen LogP contribution is -2.25. The van der Waals surface area contributed by atoms with Crippen molar-refractivity contribution < 1.29 is 27.0 Å². The number of ether oxygens (including phenoxy) is 2. The summed E-state index contributed by atoms with van der Waals surface area (Å²) in [5, 5.41) is 15.2. The van der Waals surface area contributed by atoms with Gasteiger partial charge < -0.3 is 25.9 Å². The zero-order chi connectivity index (χ0) is 26.7. The lowest BCUT2D eigenvalue weighted by molar-refractivity contribution is -0.0498. The van der Waals surface area contributed by atoms with Crippen LogP contribution < -0.4 is 26.1 Å². The molecule has 0 aliphatic heterocycles. The number of hydrogen-bond acceptors (Lipinski definition) is 8. The van der Waals surface area contributed by atoms with Crippen LogP contribution in [-0.4, -0.2) is 47.2 Å². The number of allylic oxidation sites excluding steroid dienone is 5. The van der Waals surface area contributed by atoms with Crippen LogP contribution in [0, 0.1) is 5.41 Å². The second kappa shape index (κ2) is 10.5. The van der Waals surface area contributed by atoms with Gasteiger partial charge in [0.2, 0.25) is 5.88 Å². The number of rotatable bonds is 8. The molecule has 0 unspecified atom stereocenters. The van der Waals surface area contributed by atoms with Gasteiger partial charge in [0.1, 0.15) is 16.8 Å². The third-order valence-electron chi connectivity index (χ3n) is 5.15. The summed E-state index contributed by atoms with van der Waals surface area (Å²) in [5.41, 5.74) is 6.73. The van der Waals surface area contributed by atoms with Crippen molar-refractivity contribution in [2.45, 2.75) is 13.0 Å². The molecule has 0 atom stereocenters. The van der Waals surface area contributed by atoms with E-state index in [0.29, 0.717) is 11.3 Å². The van der Waals surface area contributed by atoms with Crippen molar-refractivity contribution in [3.8, 4) is 22.8 Å². The van der Waals surface area contributed by atoms with Gasteiger partial charge in [-0.05, 0) is 35.9 Å². The van der Waals surface area contributed by atoms with Crippen molar-refractivity contribution in [3.05, 3.63) is 70.7 Å². The van der Waals surface area contributed by atoms with Gasteiger partial charge in [-0.1, -0.05) is 12.1 Å². The summed E-state index contributed by atoms with van der Waals surface area (Å²) in [6, 6.07) is 6.44. The van der Waals surface area contributed by atoms with Gasteiger partial charge in [0.15, 0.2) is 6.61 Å². The van der Waals surface area contributed by atoms with Crippen LogP contribution in [0.25, 0.3) is 27.9 Å². The van der Waals surface area contributed by atoms with E-state index in [1.54, 1.807) is 19.3 Å². The Morgan fingerprint density at radius 3 is 2.54 bits per heavy atom. The molecular formula is C24H20F4N6O3. The van der Waals surface area contributed by atoms with Crippen LogP contribution in [0.2, 0.25) is 0 Å². The van der Waals surface area contributed by atoms with Crippen LogP contribution in [0.5, 0.6) is 11.6 Å². The van der Waals surface area contributed by atoms with Crippen LogP contribution in [0.1, 0.15) is 0 Å². The number of benzene rings is 1. The fraction of sp³-hybridized carbons (Fsp3) is 0.167. The minimum Gasteiger partial charge on any atom is -0.472 e. The van der Waals surface area contributed by atoms with Gasteiger partial charge in [-0.25, -0.2) is 13.8 Å². The van der Waals surface area contributed by atoms with Crippen molar-refractivity contribution in [1.29, 1.82) is 5.41 Å². The molecular weight excluding hydrogens is 496 g/mol. The van der Waals surface area contributed by atoms with E-state index in [-0.39, 0.29) is 45.2 Å². The summed E-state index contributed by atoms with van der Waals surface area (Å²) in [4.78, 5) is 17.9. The predicted octanol–water partition coefficient (Wildman–Crippen LogP) is 3.82. The summed E-state index contributed by atoms with van der Waals surface area (Å²) < 4.78 is 61.0. The van der Waals surface area contributed by atoms with Crippen molar-refractivity contribution in [1.82, 2.24) is 20.1 Å². The fourth-order valence-corrected chi connectivity index (χ4v) is 3.58. The number of pyridine rings is 1. The number of fused-ring (bicyclic) bond motifs is 1. The van der Waals surface area contributed by atoms with E-state index in [9.17, 15) is 22.4 Å². The largest absolute Gasteiger partial charge is 0.472 e. The van der Waals surface area contributed by atoms with Gasteiger partial charge in [0, 0.05) is 24.9 Å². The minimum atomic E-state index is -3.04. The van der Waals surface area contributed by atoms with Crippen molar-refractivity contribution in [2.24, 2.45) is 0 Å². The molecule has 0 saturated carbocycles. The normalized spacial score (nSPS) is 14.5. The van der Waals surface area contributed by atoms with E-state index in [4.69, 9.17) is 15.9 Å². The number of nitrogens with one attached hydrogen (secondary N) is 2. The first kappa shape index (κ1) is 25.4. The molecule has 0 saturated heterocycles. The predicted molar refractivity (Wildman–Crippen MR) is 130 cm³/mol. The van der Waals surface area contributed by atoms with Gasteiger partial charge >= 0.3 is 6.61 Å². The van der Waals surface area contributed by atoms with Crippen LogP contribution in [0.15, 0.2) is 65.1 Å². The highest BCUT2D eigenvalue weighted by atomic mass is 19.3. The first-order valence-electron chi connectivity index (χ1n) is 10.7. The molecule has 1 aliphatic rings. The Kier molecular flexibility index (Phi) is 7.22. The first-order valence-corrected chi connectivity index (χ1v) is 10.7. The number of nitrogens with two attached hydrogens (primary N) is 1. The number of alkyl halides is 4. The molecule has 1 aromatic carbocycles. The molecule has 37 heavy (non-hydrogen) atoms. The summed E-state index contributed by atoms with van der Waals surface area (Å²) >= 11 is 0. The highest BCUT2D eigenvalue weighted by Gasteiger charge is 2.21. The monoisotopic (exact) mass is 516 g/mol. The lowest BCUT2D eigenvalue weighted by Gasteiger charge is -2.16. The Morgan fingerprint density at radius 1 is 1.16 bits per heavy atom. The molecule has 2 aromatic heterocycles. The molecule has 4 N–H and O–H groups in total. The lowest BCUT2D eigenvalue weighted by atomic mass is 10.0. The Balaban J connectivity index is 1.96. The summed E-state index contributed by atoms with van der Waals surface area (Å²) in [6.45, 7) is -3.98. The molecule has 0 bridgehead atoms. The quantitative estimate of drug-likeness (QED) is 0.389. The maximum absolute atomic E-state index is 13.7. The summed E-state index contributed by atoms with van der Waals surface area (Å²) in [7, 11) is 1.66. The molecule has 9 nitrogen and oxygen atoms in total. The Labute approximate surface area is 207 Å². The molecule has 1 aliphatic carbocycles. The molecule has 192 valence electrons. The van der Waals surface area contributed by atoms with Crippen LogP contribution in [0.4, 0.5) is 23.2 Å². The Morgan fingerprint density at radius 2 is 1.89 bits per heavy atom. The van der Waals surface area contributed by atoms with E-state index in [2.05, 4.69) is 20.1 Å². The number of hydrogen-bond donors (Lipinski definition) is 3. The molecule has 13 heteroatoms. The molecule has 0 radical (unpaired) electrons. The van der Waals surface area contributed by atoms with E-state index >= 15 is 0 Å². The second-order valence-corrected chi connectivity index (χ2v) is 7.65. The second-order valence-electron chi connectivity index (χ2n) is 7.65. The Hall–Kier alpha value is -4.68. The number of anilines is 1. The van der Waals surface area contributed by atoms with Crippen molar-refractivity contribution in [2.75, 3.05) is 19.4 Å². The number of nitrogen functional groups attached to an aromatic ring is 1. The van der Waals surface area contributed by atoms with E-state index in [0.717, 1.165) is 4.68 Å². The average molecular weight is 516 g/mol. The van der Waals surface area contributed by atoms with Gasteiger partial charge in [0.05, 0.1) is 22.7 Å². The molecule has 4 rings (SSSR count). The van der Waals surface area contributed by atoms with Crippen molar-refractivity contribution in [3.63, 3.8) is 0 Å². The Bertz CT molecular complexity index is 1500. The highest BCUT2D eigenvalue weighted by molar-refractivity contribution is 6.12. The zero-order valence-corrected chi connectivity index (χ0v) is 19.2. The number of nitrogens with zero attached hydrogens (tertiary/aromatic N) is 3. The van der Waals surface area contributed by atoms with Crippen molar-refractivity contribution >= 4 is 28.1 Å². The molecule has 0 amide bonds. The average Bonchev–Trinajstić information content (AvgIpc) is 2.84. The van der Waals surface area contributed by atoms with Crippen LogP contribution in [-0.2, 0) is 0 Å². The van der Waals surface area contributed by atoms with Gasteiger partial charge in [-0.2, -0.15) is 18.6 Å². The smallest absolute Gasteiger partial charge is 0.387 e. The molecule has 0 spiro atoms. The highest BCUT2D eigenvalue weighted by Crippen LogP contribution is 2.31. The number of halogens is 4. The topological polar surface area (TPSA) is 128 Å². The van der Waals surface area contributed by atoms with Gasteiger partial charge in [-0.3, -0.25) is 4.79 Å². The summed E-state index contributed by atoms with van der Waals surface area (Å²) in [6.07, 6.45) is 3.36. The minimum absolute atomic E-state index is 0.000965. The zero-order valence-electron chi connectivity index (χ0n) is 19.2. The summed E-state index contributed by atoms with van der Waals surface area (Å²) in [5.74, 6) is -0.378. The van der Waals surface area contributed by atoms with Crippen LogP contribution in [0.3, 0.4) is 0 Å². The first-order chi connectivity index (χ1) is 17.7. The van der Waals surface area contributed by atoms with E-state index in [1.807, 2.05) is 0 Å². The number of aromatic nitrogens is 3. The van der Waals surface area contributed by atoms with Gasteiger partial charge in [0.25, 0.3) is 12.0 Å². The maximum Gasteiger partial charge on any atom is 0.387 e. The van der Waals surface area contributed by atoms with E-state index in [1.165, 1.54) is 42.5 Å². The van der Waals surface area contributed by atoms with Gasteiger partial charge in [-0.15, -0.1) is 0 Å². The maximum atomic E-state index is 13.7. The van der Waals surface area contributed by atoms with E-state index < -0.39 is 25.2 Å². The molecule has 2 heterocycles. The standard InChI is InChI=1S/C24H20F4N6O3/c1-31-10-13-8-14(4-7-16(13)29)34-23(35)20(12-2-5-15(6-3-12)37-24(27)28)22-21(33-34)17(30)9-19(32-22)36-11-18(25)26/h2-10,18,24,29,31H,11,30H2,1H3/b13-10-,29-16?.